The molecule has 0 bridgehead atoms. The molecule has 0 amide bonds. The Morgan fingerprint density at radius 1 is 1.40 bits per heavy atom. The third-order valence-corrected chi connectivity index (χ3v) is 2.67. The van der Waals surface area contributed by atoms with E-state index in [2.05, 4.69) is 19.1 Å². The topological polar surface area (TPSA) is 29.5 Å². The lowest BCUT2D eigenvalue weighted by Gasteiger charge is -2.18. The summed E-state index contributed by atoms with van der Waals surface area (Å²) in [6.07, 6.45) is 0.565. The van der Waals surface area contributed by atoms with Crippen molar-refractivity contribution in [3.8, 4) is 0 Å². The Morgan fingerprint density at radius 3 is 2.73 bits per heavy atom. The van der Waals surface area contributed by atoms with Gasteiger partial charge in [0.15, 0.2) is 0 Å². The summed E-state index contributed by atoms with van der Waals surface area (Å²) in [6.45, 7) is 4.69. The van der Waals surface area contributed by atoms with E-state index < -0.39 is 6.10 Å². The zero-order valence-corrected chi connectivity index (χ0v) is 9.73. The maximum absolute atomic E-state index is 10.1. The zero-order valence-electron chi connectivity index (χ0n) is 9.73. The van der Waals surface area contributed by atoms with Crippen molar-refractivity contribution in [2.45, 2.75) is 26.4 Å². The van der Waals surface area contributed by atoms with E-state index in [0.717, 1.165) is 12.0 Å². The van der Waals surface area contributed by atoms with E-state index in [0.29, 0.717) is 6.61 Å². The molecule has 0 radical (unpaired) electrons. The van der Waals surface area contributed by atoms with Crippen molar-refractivity contribution in [1.82, 2.24) is 0 Å². The Balaban J connectivity index is 2.76. The smallest absolute Gasteiger partial charge is 0.0837 e. The van der Waals surface area contributed by atoms with E-state index in [1.807, 2.05) is 19.1 Å². The third-order valence-electron chi connectivity index (χ3n) is 2.67. The van der Waals surface area contributed by atoms with Gasteiger partial charge in [-0.2, -0.15) is 0 Å². The minimum absolute atomic E-state index is 0.127. The van der Waals surface area contributed by atoms with Crippen LogP contribution in [0.5, 0.6) is 0 Å². The number of hydrogen-bond donors (Lipinski definition) is 1. The van der Waals surface area contributed by atoms with Crippen LogP contribution in [0.4, 0.5) is 0 Å². The summed E-state index contributed by atoms with van der Waals surface area (Å²) in [7, 11) is 1.66. The quantitative estimate of drug-likeness (QED) is 0.806. The Bertz CT molecular complexity index is 296. The Morgan fingerprint density at radius 2 is 2.13 bits per heavy atom. The predicted octanol–water partition coefficient (Wildman–Crippen LogP) is 2.56. The molecule has 1 aromatic rings. The Labute approximate surface area is 91.9 Å². The predicted molar refractivity (Wildman–Crippen MR) is 61.8 cm³/mol. The third kappa shape index (κ3) is 3.33. The van der Waals surface area contributed by atoms with Crippen LogP contribution in [-0.4, -0.2) is 18.8 Å². The van der Waals surface area contributed by atoms with Crippen molar-refractivity contribution in [3.63, 3.8) is 0 Å². The van der Waals surface area contributed by atoms with E-state index in [1.165, 1.54) is 5.56 Å². The number of aliphatic hydroxyl groups is 1. The number of aliphatic hydroxyl groups excluding tert-OH is 1. The number of aryl methyl sites for hydroxylation is 1. The van der Waals surface area contributed by atoms with E-state index in [4.69, 9.17) is 4.74 Å². The molecule has 2 nitrogen and oxygen atoms in total. The van der Waals surface area contributed by atoms with Crippen LogP contribution in [0.3, 0.4) is 0 Å². The highest BCUT2D eigenvalue weighted by atomic mass is 16.5. The number of ether oxygens (including phenoxy) is 1. The molecule has 1 N–H and O–H groups in total. The van der Waals surface area contributed by atoms with Crippen LogP contribution in [-0.2, 0) is 11.2 Å². The van der Waals surface area contributed by atoms with Crippen molar-refractivity contribution < 1.29 is 9.84 Å². The molecule has 84 valence electrons. The molecule has 0 aliphatic carbocycles. The van der Waals surface area contributed by atoms with Crippen molar-refractivity contribution in [3.05, 3.63) is 35.4 Å². The van der Waals surface area contributed by atoms with Gasteiger partial charge in [-0.25, -0.2) is 0 Å². The summed E-state index contributed by atoms with van der Waals surface area (Å²) >= 11 is 0. The van der Waals surface area contributed by atoms with Crippen LogP contribution in [0.1, 0.15) is 31.1 Å². The lowest BCUT2D eigenvalue weighted by Crippen LogP contribution is -2.14. The molecule has 15 heavy (non-hydrogen) atoms. The van der Waals surface area contributed by atoms with Gasteiger partial charge in [-0.15, -0.1) is 0 Å². The van der Waals surface area contributed by atoms with Gasteiger partial charge in [0.05, 0.1) is 12.7 Å². The minimum atomic E-state index is -0.434. The van der Waals surface area contributed by atoms with Crippen molar-refractivity contribution in [2.75, 3.05) is 13.7 Å². The monoisotopic (exact) mass is 208 g/mol. The van der Waals surface area contributed by atoms with Gasteiger partial charge in [-0.1, -0.05) is 38.1 Å². The average molecular weight is 208 g/mol. The van der Waals surface area contributed by atoms with E-state index in [9.17, 15) is 5.11 Å². The summed E-state index contributed by atoms with van der Waals surface area (Å²) in [5.41, 5.74) is 2.25. The van der Waals surface area contributed by atoms with Crippen LogP contribution in [0.15, 0.2) is 24.3 Å². The lowest BCUT2D eigenvalue weighted by molar-refractivity contribution is 0.0566. The first-order chi connectivity index (χ1) is 7.19. The first-order valence-corrected chi connectivity index (χ1v) is 5.44. The van der Waals surface area contributed by atoms with E-state index >= 15 is 0 Å². The molecule has 0 saturated heterocycles. The second-order valence-electron chi connectivity index (χ2n) is 3.98. The number of hydrogen-bond acceptors (Lipinski definition) is 2. The fourth-order valence-electron chi connectivity index (χ4n) is 1.68. The maximum atomic E-state index is 10.1. The summed E-state index contributed by atoms with van der Waals surface area (Å²) < 4.78 is 5.04. The first kappa shape index (κ1) is 12.2. The normalized spacial score (nSPS) is 14.9. The highest BCUT2D eigenvalue weighted by Crippen LogP contribution is 2.22. The van der Waals surface area contributed by atoms with Crippen LogP contribution < -0.4 is 0 Å². The second kappa shape index (κ2) is 5.89. The van der Waals surface area contributed by atoms with E-state index in [-0.39, 0.29) is 5.92 Å². The Hall–Kier alpha value is -0.860. The minimum Gasteiger partial charge on any atom is -0.388 e. The van der Waals surface area contributed by atoms with Crippen LogP contribution in [0.25, 0.3) is 0 Å². The molecule has 0 aliphatic rings. The molecule has 0 fully saturated rings. The van der Waals surface area contributed by atoms with Gasteiger partial charge in [0.1, 0.15) is 0 Å². The Kier molecular flexibility index (Phi) is 4.79. The molecule has 2 heteroatoms. The van der Waals surface area contributed by atoms with Crippen molar-refractivity contribution in [2.24, 2.45) is 5.92 Å². The van der Waals surface area contributed by atoms with Crippen molar-refractivity contribution in [1.29, 1.82) is 0 Å². The van der Waals surface area contributed by atoms with Crippen LogP contribution in [0.2, 0.25) is 0 Å². The first-order valence-electron chi connectivity index (χ1n) is 5.44. The van der Waals surface area contributed by atoms with Gasteiger partial charge >= 0.3 is 0 Å². The molecule has 2 unspecified atom stereocenters. The summed E-state index contributed by atoms with van der Waals surface area (Å²) in [5.74, 6) is 0.127. The highest BCUT2D eigenvalue weighted by Gasteiger charge is 2.16. The standard InChI is InChI=1S/C13H20O2/c1-4-11-6-5-7-12(8-11)13(14)10(2)9-15-3/h5-8,10,13-14H,4,9H2,1-3H3. The van der Waals surface area contributed by atoms with Gasteiger partial charge in [-0.3, -0.25) is 0 Å². The largest absolute Gasteiger partial charge is 0.388 e. The molecule has 0 aliphatic heterocycles. The summed E-state index contributed by atoms with van der Waals surface area (Å²) in [5, 5.41) is 10.1. The molecular weight excluding hydrogens is 188 g/mol. The van der Waals surface area contributed by atoms with Gasteiger partial charge in [0.2, 0.25) is 0 Å². The van der Waals surface area contributed by atoms with Crippen molar-refractivity contribution >= 4 is 0 Å². The number of benzene rings is 1. The second-order valence-corrected chi connectivity index (χ2v) is 3.98. The molecule has 0 heterocycles. The van der Waals surface area contributed by atoms with Gasteiger partial charge in [-0.05, 0) is 17.5 Å². The van der Waals surface area contributed by atoms with E-state index in [1.54, 1.807) is 7.11 Å². The van der Waals surface area contributed by atoms with Crippen LogP contribution >= 0.6 is 0 Å². The fraction of sp³-hybridized carbons (Fsp3) is 0.538. The van der Waals surface area contributed by atoms with Crippen LogP contribution in [0, 0.1) is 5.92 Å². The molecule has 0 saturated carbocycles. The van der Waals surface area contributed by atoms with Gasteiger partial charge < -0.3 is 9.84 Å². The molecular formula is C13H20O2. The average Bonchev–Trinajstić information content (AvgIpc) is 2.28. The molecule has 0 spiro atoms. The maximum Gasteiger partial charge on any atom is 0.0837 e. The van der Waals surface area contributed by atoms with Gasteiger partial charge in [0, 0.05) is 13.0 Å². The summed E-state index contributed by atoms with van der Waals surface area (Å²) in [4.78, 5) is 0. The highest BCUT2D eigenvalue weighted by molar-refractivity contribution is 5.25. The van der Waals surface area contributed by atoms with Gasteiger partial charge in [0.25, 0.3) is 0 Å². The molecule has 2 atom stereocenters. The fourth-order valence-corrected chi connectivity index (χ4v) is 1.68. The SMILES string of the molecule is CCc1cccc(C(O)C(C)COC)c1. The molecule has 1 rings (SSSR count). The molecule has 1 aromatic carbocycles. The lowest BCUT2D eigenvalue weighted by atomic mass is 9.96. The molecule has 0 aromatic heterocycles. The zero-order chi connectivity index (χ0) is 11.3. The number of methoxy groups -OCH3 is 1. The summed E-state index contributed by atoms with van der Waals surface area (Å²) in [6, 6.07) is 8.11. The number of rotatable bonds is 5.